The highest BCUT2D eigenvalue weighted by molar-refractivity contribution is 5.99. The number of rotatable bonds is 3. The molecule has 0 aliphatic rings. The zero-order chi connectivity index (χ0) is 11.3. The number of ether oxygens (including phenoxy) is 1. The summed E-state index contributed by atoms with van der Waals surface area (Å²) in [5.74, 6) is -1.00. The first-order valence-corrected chi connectivity index (χ1v) is 4.02. The van der Waals surface area contributed by atoms with Gasteiger partial charge in [-0.05, 0) is 12.1 Å². The fourth-order valence-corrected chi connectivity index (χ4v) is 0.833. The number of hydrogen-bond acceptors (Lipinski definition) is 5. The van der Waals surface area contributed by atoms with Gasteiger partial charge in [0.05, 0.1) is 19.0 Å². The van der Waals surface area contributed by atoms with Gasteiger partial charge in [-0.1, -0.05) is 6.58 Å². The van der Waals surface area contributed by atoms with E-state index in [-0.39, 0.29) is 11.6 Å². The summed E-state index contributed by atoms with van der Waals surface area (Å²) in [5.41, 5.74) is 0.384. The molecule has 0 fully saturated rings. The number of nitrogens with zero attached hydrogens (tertiary/aromatic N) is 2. The number of aromatic nitrogens is 2. The molecule has 1 amide bonds. The predicted octanol–water partition coefficient (Wildman–Crippen LogP) is 0.388. The number of anilines is 1. The summed E-state index contributed by atoms with van der Waals surface area (Å²) in [5, 5.41) is 9.53. The van der Waals surface area contributed by atoms with Crippen molar-refractivity contribution in [2.75, 3.05) is 12.4 Å². The van der Waals surface area contributed by atoms with Gasteiger partial charge in [0.2, 0.25) is 5.91 Å². The van der Waals surface area contributed by atoms with Gasteiger partial charge >= 0.3 is 5.97 Å². The third-order valence-corrected chi connectivity index (χ3v) is 1.50. The van der Waals surface area contributed by atoms with E-state index in [0.717, 1.165) is 6.08 Å². The molecule has 0 bridgehead atoms. The van der Waals surface area contributed by atoms with Gasteiger partial charge in [0, 0.05) is 0 Å². The normalized spacial score (nSPS) is 9.13. The molecule has 0 spiro atoms. The van der Waals surface area contributed by atoms with Gasteiger partial charge < -0.3 is 10.1 Å². The lowest BCUT2D eigenvalue weighted by atomic mass is 10.3. The Morgan fingerprint density at radius 3 is 2.93 bits per heavy atom. The van der Waals surface area contributed by atoms with Crippen molar-refractivity contribution in [1.29, 1.82) is 0 Å². The lowest BCUT2D eigenvalue weighted by molar-refractivity contribution is -0.111. The predicted molar refractivity (Wildman–Crippen MR) is 52.2 cm³/mol. The Morgan fingerprint density at radius 2 is 2.33 bits per heavy atom. The molecule has 0 aromatic carbocycles. The summed E-state index contributed by atoms with van der Waals surface area (Å²) in [4.78, 5) is 22.0. The molecule has 6 nitrogen and oxygen atoms in total. The van der Waals surface area contributed by atoms with Crippen LogP contribution in [0.25, 0.3) is 0 Å². The first kappa shape index (κ1) is 10.8. The largest absolute Gasteiger partial charge is 0.464 e. The van der Waals surface area contributed by atoms with Gasteiger partial charge in [0.15, 0.2) is 5.69 Å². The molecule has 0 aliphatic carbocycles. The molecule has 1 heterocycles. The van der Waals surface area contributed by atoms with Crippen molar-refractivity contribution in [2.24, 2.45) is 0 Å². The highest BCUT2D eigenvalue weighted by Crippen LogP contribution is 2.06. The van der Waals surface area contributed by atoms with Crippen LogP contribution in [0.2, 0.25) is 0 Å². The molecule has 15 heavy (non-hydrogen) atoms. The molecule has 0 radical (unpaired) electrons. The molecule has 0 saturated heterocycles. The zero-order valence-electron chi connectivity index (χ0n) is 8.06. The second-order valence-electron chi connectivity index (χ2n) is 2.51. The lowest BCUT2D eigenvalue weighted by Crippen LogP contribution is -2.11. The van der Waals surface area contributed by atoms with Gasteiger partial charge in [-0.15, -0.1) is 5.10 Å². The standard InChI is InChI=1S/C9H9N3O3/c1-3-8(13)11-6-4-7(9(14)15-2)12-10-5-6/h3-5H,1H2,2H3,(H,11,12,13). The van der Waals surface area contributed by atoms with Crippen LogP contribution >= 0.6 is 0 Å². The highest BCUT2D eigenvalue weighted by atomic mass is 16.5. The minimum Gasteiger partial charge on any atom is -0.464 e. The van der Waals surface area contributed by atoms with E-state index in [4.69, 9.17) is 0 Å². The molecule has 78 valence electrons. The minimum atomic E-state index is -0.614. The first-order chi connectivity index (χ1) is 7.17. The Bertz CT molecular complexity index is 403. The Balaban J connectivity index is 2.87. The van der Waals surface area contributed by atoms with Crippen molar-refractivity contribution in [3.63, 3.8) is 0 Å². The zero-order valence-corrected chi connectivity index (χ0v) is 8.06. The van der Waals surface area contributed by atoms with Crippen LogP contribution in [0.1, 0.15) is 10.5 Å². The second-order valence-corrected chi connectivity index (χ2v) is 2.51. The monoisotopic (exact) mass is 207 g/mol. The maximum Gasteiger partial charge on any atom is 0.358 e. The van der Waals surface area contributed by atoms with E-state index in [2.05, 4.69) is 26.8 Å². The molecule has 0 unspecified atom stereocenters. The summed E-state index contributed by atoms with van der Waals surface area (Å²) in [6, 6.07) is 1.36. The van der Waals surface area contributed by atoms with Crippen molar-refractivity contribution in [3.8, 4) is 0 Å². The van der Waals surface area contributed by atoms with Crippen molar-refractivity contribution < 1.29 is 14.3 Å². The molecule has 6 heteroatoms. The highest BCUT2D eigenvalue weighted by Gasteiger charge is 2.09. The molecule has 0 atom stereocenters. The average molecular weight is 207 g/mol. The van der Waals surface area contributed by atoms with E-state index in [1.165, 1.54) is 19.4 Å². The summed E-state index contributed by atoms with van der Waals surface area (Å²) >= 11 is 0. The average Bonchev–Trinajstić information content (AvgIpc) is 2.28. The third kappa shape index (κ3) is 2.87. The van der Waals surface area contributed by atoms with Crippen molar-refractivity contribution in [2.45, 2.75) is 0 Å². The molecular weight excluding hydrogens is 198 g/mol. The van der Waals surface area contributed by atoms with Gasteiger partial charge in [-0.3, -0.25) is 4.79 Å². The lowest BCUT2D eigenvalue weighted by Gasteiger charge is -2.02. The molecule has 0 saturated carbocycles. The van der Waals surface area contributed by atoms with Crippen LogP contribution in [0, 0.1) is 0 Å². The van der Waals surface area contributed by atoms with Crippen LogP contribution < -0.4 is 5.32 Å². The summed E-state index contributed by atoms with van der Waals surface area (Å²) in [6.45, 7) is 3.29. The van der Waals surface area contributed by atoms with Crippen molar-refractivity contribution in [3.05, 3.63) is 30.6 Å². The molecule has 0 aliphatic heterocycles. The van der Waals surface area contributed by atoms with E-state index < -0.39 is 5.97 Å². The van der Waals surface area contributed by atoms with E-state index in [0.29, 0.717) is 5.69 Å². The Hall–Kier alpha value is -2.24. The summed E-state index contributed by atoms with van der Waals surface area (Å²) in [7, 11) is 1.24. The topological polar surface area (TPSA) is 81.2 Å². The van der Waals surface area contributed by atoms with E-state index in [1.807, 2.05) is 0 Å². The molecule has 1 rings (SSSR count). The maximum atomic E-state index is 11.1. The van der Waals surface area contributed by atoms with E-state index in [9.17, 15) is 9.59 Å². The van der Waals surface area contributed by atoms with Crippen molar-refractivity contribution >= 4 is 17.6 Å². The fourth-order valence-electron chi connectivity index (χ4n) is 0.833. The van der Waals surface area contributed by atoms with Crippen LogP contribution in [-0.4, -0.2) is 29.2 Å². The number of carbonyl (C=O) groups is 2. The van der Waals surface area contributed by atoms with Crippen LogP contribution in [0.3, 0.4) is 0 Å². The number of amides is 1. The Kier molecular flexibility index (Phi) is 3.50. The van der Waals surface area contributed by atoms with Gasteiger partial charge in [0.1, 0.15) is 0 Å². The summed E-state index contributed by atoms with van der Waals surface area (Å²) < 4.78 is 4.45. The molecule has 1 aromatic rings. The number of methoxy groups -OCH3 is 1. The van der Waals surface area contributed by atoms with Crippen LogP contribution in [0.5, 0.6) is 0 Å². The van der Waals surface area contributed by atoms with Gasteiger partial charge in [-0.2, -0.15) is 5.10 Å². The maximum absolute atomic E-state index is 11.1. The Morgan fingerprint density at radius 1 is 1.60 bits per heavy atom. The smallest absolute Gasteiger partial charge is 0.358 e. The number of nitrogens with one attached hydrogen (secondary N) is 1. The minimum absolute atomic E-state index is 0.0272. The first-order valence-electron chi connectivity index (χ1n) is 4.02. The summed E-state index contributed by atoms with van der Waals surface area (Å²) in [6.07, 6.45) is 2.42. The molecular formula is C9H9N3O3. The Labute approximate surface area is 86.0 Å². The molecule has 1 aromatic heterocycles. The third-order valence-electron chi connectivity index (χ3n) is 1.50. The van der Waals surface area contributed by atoms with E-state index >= 15 is 0 Å². The van der Waals surface area contributed by atoms with Crippen LogP contribution in [-0.2, 0) is 9.53 Å². The number of carbonyl (C=O) groups excluding carboxylic acids is 2. The van der Waals surface area contributed by atoms with Gasteiger partial charge in [0.25, 0.3) is 0 Å². The fraction of sp³-hybridized carbons (Fsp3) is 0.111. The van der Waals surface area contributed by atoms with Crippen LogP contribution in [0.15, 0.2) is 24.9 Å². The number of esters is 1. The number of hydrogen-bond donors (Lipinski definition) is 1. The van der Waals surface area contributed by atoms with E-state index in [1.54, 1.807) is 0 Å². The second kappa shape index (κ2) is 4.85. The SMILES string of the molecule is C=CC(=O)Nc1cnnc(C(=O)OC)c1. The van der Waals surface area contributed by atoms with Crippen LogP contribution in [0.4, 0.5) is 5.69 Å². The molecule has 1 N–H and O–H groups in total. The van der Waals surface area contributed by atoms with Crippen molar-refractivity contribution in [1.82, 2.24) is 10.2 Å². The van der Waals surface area contributed by atoms with Gasteiger partial charge in [-0.25, -0.2) is 4.79 Å². The quantitative estimate of drug-likeness (QED) is 0.572.